The fourth-order valence-corrected chi connectivity index (χ4v) is 1.33. The molecule has 1 aromatic heterocycles. The Morgan fingerprint density at radius 1 is 1.31 bits per heavy atom. The van der Waals surface area contributed by atoms with Gasteiger partial charge in [-0.05, 0) is 37.7 Å². The van der Waals surface area contributed by atoms with Crippen molar-refractivity contribution in [2.75, 3.05) is 13.6 Å². The Bertz CT molecular complexity index is 329. The van der Waals surface area contributed by atoms with Crippen molar-refractivity contribution in [3.05, 3.63) is 29.6 Å². The fraction of sp³-hybridized carbons (Fsp3) is 0.500. The summed E-state index contributed by atoms with van der Waals surface area (Å²) in [4.78, 5) is 2.90. The highest BCUT2D eigenvalue weighted by molar-refractivity contribution is 5.16. The van der Waals surface area contributed by atoms with E-state index in [2.05, 4.69) is 10.3 Å². The molecular weight excluding hydrogens is 218 g/mol. The zero-order valence-corrected chi connectivity index (χ0v) is 8.82. The minimum Gasteiger partial charge on any atom is -0.390 e. The predicted molar refractivity (Wildman–Crippen MR) is 53.7 cm³/mol. The third-order valence-corrected chi connectivity index (χ3v) is 2.18. The van der Waals surface area contributed by atoms with Gasteiger partial charge in [0.05, 0.1) is 6.10 Å². The molecule has 6 heteroatoms. The number of hydrogen-bond acceptors (Lipinski definition) is 4. The molecule has 4 nitrogen and oxygen atoms in total. The van der Waals surface area contributed by atoms with Gasteiger partial charge in [0, 0.05) is 0 Å². The summed E-state index contributed by atoms with van der Waals surface area (Å²) >= 11 is 0. The van der Waals surface area contributed by atoms with Crippen LogP contribution in [0.1, 0.15) is 18.1 Å². The maximum atomic E-state index is 12.7. The number of halogens is 2. The smallest absolute Gasteiger partial charge is 0.215 e. The van der Waals surface area contributed by atoms with Gasteiger partial charge in [0.15, 0.2) is 0 Å². The normalized spacial score (nSPS) is 14.8. The van der Waals surface area contributed by atoms with Gasteiger partial charge in [-0.3, -0.25) is 0 Å². The minimum absolute atomic E-state index is 0.0198. The molecule has 0 radical (unpaired) electrons. The Hall–Kier alpha value is -1.11. The van der Waals surface area contributed by atoms with E-state index in [1.807, 2.05) is 0 Å². The molecule has 0 aliphatic carbocycles. The fourth-order valence-electron chi connectivity index (χ4n) is 1.33. The third kappa shape index (κ3) is 3.48. The van der Waals surface area contributed by atoms with Crippen LogP contribution in [0.3, 0.4) is 0 Å². The van der Waals surface area contributed by atoms with Crippen molar-refractivity contribution in [2.24, 2.45) is 0 Å². The summed E-state index contributed by atoms with van der Waals surface area (Å²) in [6.07, 6.45) is -2.11. The first-order valence-corrected chi connectivity index (χ1v) is 4.88. The van der Waals surface area contributed by atoms with E-state index >= 15 is 0 Å². The van der Waals surface area contributed by atoms with Gasteiger partial charge in [-0.15, -0.1) is 0 Å². The molecule has 0 aromatic carbocycles. The van der Waals surface area contributed by atoms with Crippen LogP contribution in [0.15, 0.2) is 12.1 Å². The number of nitrogens with zero attached hydrogens (tertiary/aromatic N) is 1. The van der Waals surface area contributed by atoms with Crippen molar-refractivity contribution in [1.82, 2.24) is 10.3 Å². The molecule has 0 bridgehead atoms. The lowest BCUT2D eigenvalue weighted by atomic mass is 10.0. The molecule has 1 heterocycles. The Morgan fingerprint density at radius 2 is 1.88 bits per heavy atom. The number of rotatable bonds is 5. The molecule has 0 saturated carbocycles. The lowest BCUT2D eigenvalue weighted by Crippen LogP contribution is -2.23. The van der Waals surface area contributed by atoms with Crippen LogP contribution in [-0.4, -0.2) is 34.9 Å². The van der Waals surface area contributed by atoms with Crippen molar-refractivity contribution in [3.8, 4) is 0 Å². The van der Waals surface area contributed by atoms with Gasteiger partial charge in [-0.1, -0.05) is 0 Å². The molecule has 1 rings (SSSR count). The van der Waals surface area contributed by atoms with E-state index in [-0.39, 0.29) is 12.0 Å². The summed E-state index contributed by atoms with van der Waals surface area (Å²) in [5.41, 5.74) is -0.0198. The van der Waals surface area contributed by atoms with E-state index < -0.39 is 24.1 Å². The SMILES string of the molecule is CNCCC(O)C(O)c1cc(F)nc(F)c1. The molecule has 90 valence electrons. The van der Waals surface area contributed by atoms with Gasteiger partial charge >= 0.3 is 0 Å². The van der Waals surface area contributed by atoms with Crippen molar-refractivity contribution < 1.29 is 19.0 Å². The second-order valence-corrected chi connectivity index (χ2v) is 3.45. The van der Waals surface area contributed by atoms with E-state index in [9.17, 15) is 19.0 Å². The number of pyridine rings is 1. The van der Waals surface area contributed by atoms with E-state index in [1.54, 1.807) is 7.05 Å². The topological polar surface area (TPSA) is 65.4 Å². The average Bonchev–Trinajstić information content (AvgIpc) is 2.23. The van der Waals surface area contributed by atoms with E-state index in [0.29, 0.717) is 6.54 Å². The maximum absolute atomic E-state index is 12.7. The zero-order chi connectivity index (χ0) is 12.1. The second-order valence-electron chi connectivity index (χ2n) is 3.45. The van der Waals surface area contributed by atoms with Crippen LogP contribution in [-0.2, 0) is 0 Å². The molecule has 2 unspecified atom stereocenters. The van der Waals surface area contributed by atoms with Crippen molar-refractivity contribution >= 4 is 0 Å². The first-order valence-electron chi connectivity index (χ1n) is 4.88. The molecule has 2 atom stereocenters. The van der Waals surface area contributed by atoms with E-state index in [1.165, 1.54) is 0 Å². The van der Waals surface area contributed by atoms with Crippen LogP contribution in [0.5, 0.6) is 0 Å². The standard InChI is InChI=1S/C10H14F2N2O2/c1-13-3-2-7(15)10(16)6-4-8(11)14-9(12)5-6/h4-5,7,10,13,15-16H,2-3H2,1H3. The molecule has 1 aromatic rings. The van der Waals surface area contributed by atoms with Crippen LogP contribution in [0.2, 0.25) is 0 Å². The molecule has 0 spiro atoms. The highest BCUT2D eigenvalue weighted by Gasteiger charge is 2.19. The lowest BCUT2D eigenvalue weighted by Gasteiger charge is -2.17. The molecule has 0 aliphatic heterocycles. The Morgan fingerprint density at radius 3 is 2.38 bits per heavy atom. The molecule has 0 fully saturated rings. The number of nitrogens with one attached hydrogen (secondary N) is 1. The monoisotopic (exact) mass is 232 g/mol. The van der Waals surface area contributed by atoms with Gasteiger partial charge in [-0.25, -0.2) is 0 Å². The summed E-state index contributed by atoms with van der Waals surface area (Å²) in [6.45, 7) is 0.494. The summed E-state index contributed by atoms with van der Waals surface area (Å²) in [5, 5.41) is 22.0. The summed E-state index contributed by atoms with van der Waals surface area (Å²) in [7, 11) is 1.70. The lowest BCUT2D eigenvalue weighted by molar-refractivity contribution is 0.0136. The Balaban J connectivity index is 2.74. The number of aliphatic hydroxyl groups excluding tert-OH is 2. The minimum atomic E-state index is -1.32. The molecule has 3 N–H and O–H groups in total. The van der Waals surface area contributed by atoms with Crippen LogP contribution in [0.4, 0.5) is 8.78 Å². The molecule has 0 amide bonds. The highest BCUT2D eigenvalue weighted by Crippen LogP contribution is 2.19. The van der Waals surface area contributed by atoms with Gasteiger partial charge in [-0.2, -0.15) is 13.8 Å². The molecule has 0 aliphatic rings. The first-order chi connectivity index (χ1) is 7.54. The highest BCUT2D eigenvalue weighted by atomic mass is 19.1. The molecule has 0 saturated heterocycles. The van der Waals surface area contributed by atoms with E-state index in [4.69, 9.17) is 0 Å². The molecule has 16 heavy (non-hydrogen) atoms. The summed E-state index contributed by atoms with van der Waals surface area (Å²) in [6, 6.07) is 1.80. The van der Waals surface area contributed by atoms with Crippen molar-refractivity contribution in [1.29, 1.82) is 0 Å². The average molecular weight is 232 g/mol. The van der Waals surface area contributed by atoms with Gasteiger partial charge in [0.2, 0.25) is 11.9 Å². The summed E-state index contributed by atoms with van der Waals surface area (Å²) in [5.74, 6) is -2.04. The van der Waals surface area contributed by atoms with Crippen LogP contribution >= 0.6 is 0 Å². The van der Waals surface area contributed by atoms with Crippen LogP contribution in [0, 0.1) is 11.9 Å². The quantitative estimate of drug-likeness (QED) is 0.641. The maximum Gasteiger partial charge on any atom is 0.215 e. The van der Waals surface area contributed by atoms with Crippen molar-refractivity contribution in [3.63, 3.8) is 0 Å². The largest absolute Gasteiger partial charge is 0.390 e. The van der Waals surface area contributed by atoms with E-state index in [0.717, 1.165) is 12.1 Å². The summed E-state index contributed by atoms with van der Waals surface area (Å²) < 4.78 is 25.5. The Labute approximate surface area is 91.9 Å². The van der Waals surface area contributed by atoms with Crippen LogP contribution < -0.4 is 5.32 Å². The number of aliphatic hydroxyl groups is 2. The van der Waals surface area contributed by atoms with Gasteiger partial charge in [0.25, 0.3) is 0 Å². The third-order valence-electron chi connectivity index (χ3n) is 2.18. The Kier molecular flexibility index (Phi) is 4.72. The van der Waals surface area contributed by atoms with Gasteiger partial charge in [0.1, 0.15) is 6.10 Å². The number of aromatic nitrogens is 1. The zero-order valence-electron chi connectivity index (χ0n) is 8.82. The van der Waals surface area contributed by atoms with Crippen LogP contribution in [0.25, 0.3) is 0 Å². The second kappa shape index (κ2) is 5.83. The number of hydrogen-bond donors (Lipinski definition) is 3. The van der Waals surface area contributed by atoms with Gasteiger partial charge < -0.3 is 15.5 Å². The first kappa shape index (κ1) is 13.0. The predicted octanol–water partition coefficient (Wildman–Crippen LogP) is 0.364. The molecular formula is C10H14F2N2O2. The van der Waals surface area contributed by atoms with Crippen molar-refractivity contribution in [2.45, 2.75) is 18.6 Å².